The first-order chi connectivity index (χ1) is 8.81. The summed E-state index contributed by atoms with van der Waals surface area (Å²) in [6.45, 7) is 9.24. The summed E-state index contributed by atoms with van der Waals surface area (Å²) in [4.78, 5) is 22.7. The van der Waals surface area contributed by atoms with Crippen molar-refractivity contribution >= 4 is 11.8 Å². The first-order valence-electron chi connectivity index (χ1n) is 6.20. The Hall–Kier alpha value is -1.68. The first-order valence-corrected chi connectivity index (χ1v) is 6.20. The molecule has 4 nitrogen and oxygen atoms in total. The Kier molecular flexibility index (Phi) is 5.24. The monoisotopic (exact) mass is 264 g/mol. The molecule has 0 aliphatic carbocycles. The third kappa shape index (κ3) is 4.48. The van der Waals surface area contributed by atoms with E-state index in [0.717, 1.165) is 11.1 Å². The van der Waals surface area contributed by atoms with Gasteiger partial charge in [-0.15, -0.1) is 0 Å². The molecule has 1 aliphatic heterocycles. The van der Waals surface area contributed by atoms with Crippen molar-refractivity contribution in [2.24, 2.45) is 5.92 Å². The minimum Gasteiger partial charge on any atom is -0.462 e. The molecule has 1 N–H and O–H groups in total. The van der Waals surface area contributed by atoms with Gasteiger partial charge in [0.05, 0.1) is 12.0 Å². The first kappa shape index (κ1) is 15.4. The number of carbonyl (C=O) groups excluding carboxylic acids is 2. The number of aliphatic hydroxyl groups excluding tert-OH is 1. The van der Waals surface area contributed by atoms with Crippen molar-refractivity contribution in [1.82, 2.24) is 0 Å². The van der Waals surface area contributed by atoms with Crippen molar-refractivity contribution in [3.05, 3.63) is 35.5 Å². The molecule has 0 amide bonds. The third-order valence-corrected chi connectivity index (χ3v) is 2.87. The second-order valence-electron chi connectivity index (χ2n) is 5.10. The van der Waals surface area contributed by atoms with Crippen molar-refractivity contribution < 1.29 is 19.4 Å². The summed E-state index contributed by atoms with van der Waals surface area (Å²) in [5.41, 5.74) is 2.00. The van der Waals surface area contributed by atoms with E-state index in [1.165, 1.54) is 0 Å². The maximum atomic E-state index is 11.6. The van der Waals surface area contributed by atoms with Gasteiger partial charge in [0, 0.05) is 12.0 Å². The molecular weight excluding hydrogens is 244 g/mol. The summed E-state index contributed by atoms with van der Waals surface area (Å²) in [6.07, 6.45) is 2.58. The molecule has 0 saturated carbocycles. The molecule has 1 aliphatic rings. The summed E-state index contributed by atoms with van der Waals surface area (Å²) in [5, 5.41) is 10.0. The van der Waals surface area contributed by atoms with E-state index in [2.05, 4.69) is 6.58 Å². The Morgan fingerprint density at radius 2 is 2.16 bits per heavy atom. The number of esters is 1. The van der Waals surface area contributed by atoms with Crippen molar-refractivity contribution in [1.29, 1.82) is 0 Å². The molecule has 0 aromatic carbocycles. The molecule has 0 aromatic rings. The molecule has 104 valence electrons. The summed E-state index contributed by atoms with van der Waals surface area (Å²) in [6, 6.07) is 0. The quantitative estimate of drug-likeness (QED) is 0.468. The van der Waals surface area contributed by atoms with E-state index in [-0.39, 0.29) is 24.4 Å². The summed E-state index contributed by atoms with van der Waals surface area (Å²) in [5.74, 6) is -0.879. The molecule has 0 unspecified atom stereocenters. The van der Waals surface area contributed by atoms with E-state index >= 15 is 0 Å². The van der Waals surface area contributed by atoms with Crippen LogP contribution in [-0.2, 0) is 14.3 Å². The van der Waals surface area contributed by atoms with Gasteiger partial charge in [0.2, 0.25) is 0 Å². The lowest BCUT2D eigenvalue weighted by Crippen LogP contribution is -2.20. The fourth-order valence-electron chi connectivity index (χ4n) is 1.93. The minimum atomic E-state index is -0.849. The summed E-state index contributed by atoms with van der Waals surface area (Å²) in [7, 11) is 0. The number of hydrogen-bond acceptors (Lipinski definition) is 4. The largest absolute Gasteiger partial charge is 0.462 e. The van der Waals surface area contributed by atoms with Crippen molar-refractivity contribution in [3.8, 4) is 0 Å². The van der Waals surface area contributed by atoms with Crippen LogP contribution in [0.3, 0.4) is 0 Å². The number of hydrogen-bond donors (Lipinski definition) is 1. The highest BCUT2D eigenvalue weighted by atomic mass is 16.5. The van der Waals surface area contributed by atoms with Crippen LogP contribution in [0, 0.1) is 5.92 Å². The van der Waals surface area contributed by atoms with Crippen LogP contribution in [0.4, 0.5) is 0 Å². The van der Waals surface area contributed by atoms with Gasteiger partial charge in [0.15, 0.2) is 5.78 Å². The molecule has 0 spiro atoms. The van der Waals surface area contributed by atoms with Crippen molar-refractivity contribution in [2.45, 2.75) is 33.3 Å². The minimum absolute atomic E-state index is 0.00137. The molecule has 2 atom stereocenters. The van der Waals surface area contributed by atoms with Crippen LogP contribution in [0.25, 0.3) is 0 Å². The standard InChI is InChI=1S/C15H20O4/c1-9(2)5-12(16)6-10(3)7-14(17)13-8-19-15(18)11(13)4/h5,7,13-14,17H,4,6,8H2,1-3H3/b10-7+/t13-,14-/m0/s1. The zero-order valence-corrected chi connectivity index (χ0v) is 11.6. The summed E-state index contributed by atoms with van der Waals surface area (Å²) < 4.78 is 4.81. The molecule has 4 heteroatoms. The predicted octanol–water partition coefficient (Wildman–Crippen LogP) is 1.95. The zero-order chi connectivity index (χ0) is 14.6. The number of aliphatic hydroxyl groups is 1. The van der Waals surface area contributed by atoms with Crippen LogP contribution in [0.5, 0.6) is 0 Å². The lowest BCUT2D eigenvalue weighted by molar-refractivity contribution is -0.135. The molecule has 0 radical (unpaired) electrons. The average Bonchev–Trinajstić information content (AvgIpc) is 2.57. The highest BCUT2D eigenvalue weighted by molar-refractivity contribution is 5.92. The second-order valence-corrected chi connectivity index (χ2v) is 5.10. The molecule has 0 aromatic heterocycles. The van der Waals surface area contributed by atoms with Gasteiger partial charge in [0.25, 0.3) is 0 Å². The van der Waals surface area contributed by atoms with Crippen LogP contribution >= 0.6 is 0 Å². The number of ketones is 1. The maximum absolute atomic E-state index is 11.6. The SMILES string of the molecule is C=C1C(=O)OC[C@@H]1[C@@H](O)/C=C(\C)CC(=O)C=C(C)C. The van der Waals surface area contributed by atoms with Gasteiger partial charge in [-0.25, -0.2) is 4.79 Å². The number of ether oxygens (including phenoxy) is 1. The Bertz CT molecular complexity index is 453. The highest BCUT2D eigenvalue weighted by Gasteiger charge is 2.33. The van der Waals surface area contributed by atoms with E-state index in [1.807, 2.05) is 13.8 Å². The second kappa shape index (κ2) is 6.48. The van der Waals surface area contributed by atoms with Crippen molar-refractivity contribution in [2.75, 3.05) is 6.61 Å². The molecule has 0 bridgehead atoms. The number of rotatable bonds is 5. The van der Waals surface area contributed by atoms with Gasteiger partial charge in [-0.05, 0) is 26.8 Å². The third-order valence-electron chi connectivity index (χ3n) is 2.87. The van der Waals surface area contributed by atoms with Crippen molar-refractivity contribution in [3.63, 3.8) is 0 Å². The molecule has 1 heterocycles. The van der Waals surface area contributed by atoms with Gasteiger partial charge < -0.3 is 9.84 Å². The molecule has 1 fully saturated rings. The van der Waals surface area contributed by atoms with E-state index < -0.39 is 18.0 Å². The van der Waals surface area contributed by atoms with E-state index in [4.69, 9.17) is 4.74 Å². The van der Waals surface area contributed by atoms with Gasteiger partial charge >= 0.3 is 5.97 Å². The van der Waals surface area contributed by atoms with Crippen LogP contribution in [0.2, 0.25) is 0 Å². The topological polar surface area (TPSA) is 63.6 Å². The Morgan fingerprint density at radius 3 is 2.63 bits per heavy atom. The van der Waals surface area contributed by atoms with Crippen LogP contribution in [0.1, 0.15) is 27.2 Å². The fraction of sp³-hybridized carbons (Fsp3) is 0.467. The summed E-state index contributed by atoms with van der Waals surface area (Å²) >= 11 is 0. The Morgan fingerprint density at radius 1 is 1.53 bits per heavy atom. The highest BCUT2D eigenvalue weighted by Crippen LogP contribution is 2.24. The zero-order valence-electron chi connectivity index (χ0n) is 11.6. The van der Waals surface area contributed by atoms with E-state index in [1.54, 1.807) is 19.1 Å². The Labute approximate surface area is 113 Å². The van der Waals surface area contributed by atoms with Crippen LogP contribution in [0.15, 0.2) is 35.5 Å². The number of carbonyl (C=O) groups is 2. The maximum Gasteiger partial charge on any atom is 0.333 e. The smallest absolute Gasteiger partial charge is 0.333 e. The van der Waals surface area contributed by atoms with E-state index in [9.17, 15) is 14.7 Å². The van der Waals surface area contributed by atoms with Gasteiger partial charge in [-0.2, -0.15) is 0 Å². The predicted molar refractivity (Wildman–Crippen MR) is 72.4 cm³/mol. The number of cyclic esters (lactones) is 1. The Balaban J connectivity index is 2.64. The van der Waals surface area contributed by atoms with Gasteiger partial charge in [0.1, 0.15) is 6.61 Å². The average molecular weight is 264 g/mol. The van der Waals surface area contributed by atoms with Crippen LogP contribution < -0.4 is 0 Å². The lowest BCUT2D eigenvalue weighted by Gasteiger charge is -2.13. The molecule has 1 rings (SSSR count). The normalized spacial score (nSPS) is 21.1. The van der Waals surface area contributed by atoms with Gasteiger partial charge in [-0.1, -0.05) is 23.8 Å². The van der Waals surface area contributed by atoms with Gasteiger partial charge in [-0.3, -0.25) is 4.79 Å². The molecule has 19 heavy (non-hydrogen) atoms. The lowest BCUT2D eigenvalue weighted by atomic mass is 9.95. The molecule has 1 saturated heterocycles. The number of allylic oxidation sites excluding steroid dienone is 3. The van der Waals surface area contributed by atoms with E-state index in [0.29, 0.717) is 0 Å². The molecular formula is C15H20O4. The fourth-order valence-corrected chi connectivity index (χ4v) is 1.93. The van der Waals surface area contributed by atoms with Crippen LogP contribution in [-0.4, -0.2) is 29.6 Å².